The molecule has 1 saturated heterocycles. The fourth-order valence-corrected chi connectivity index (χ4v) is 3.99. The van der Waals surface area contributed by atoms with Crippen LogP contribution in [-0.2, 0) is 14.5 Å². The number of amides is 1. The van der Waals surface area contributed by atoms with Crippen molar-refractivity contribution in [3.8, 4) is 0 Å². The molecule has 2 aliphatic rings. The Bertz CT molecular complexity index is 739. The van der Waals surface area contributed by atoms with E-state index < -0.39 is 5.54 Å². The molecule has 136 valence electrons. The van der Waals surface area contributed by atoms with Crippen LogP contribution in [0.1, 0.15) is 29.5 Å². The fourth-order valence-electron chi connectivity index (χ4n) is 3.68. The second-order valence-corrected chi connectivity index (χ2v) is 6.97. The Labute approximate surface area is 152 Å². The van der Waals surface area contributed by atoms with Crippen LogP contribution >= 0.6 is 11.6 Å². The summed E-state index contributed by atoms with van der Waals surface area (Å²) in [4.78, 5) is 23.6. The number of hydrogen-bond donors (Lipinski definition) is 1. The van der Waals surface area contributed by atoms with Gasteiger partial charge in [-0.3, -0.25) is 9.63 Å². The Morgan fingerprint density at radius 2 is 1.72 bits per heavy atom. The average Bonchev–Trinajstić information content (AvgIpc) is 2.79. The summed E-state index contributed by atoms with van der Waals surface area (Å²) in [6.07, 6.45) is 1.02. The van der Waals surface area contributed by atoms with Crippen LogP contribution in [0.2, 0.25) is 5.02 Å². The maximum absolute atomic E-state index is 13.0. The van der Waals surface area contributed by atoms with Gasteiger partial charge in [0.05, 0.1) is 19.8 Å². The minimum absolute atomic E-state index is 0.0280. The van der Waals surface area contributed by atoms with Crippen LogP contribution in [-0.4, -0.2) is 54.0 Å². The molecule has 0 bridgehead atoms. The molecule has 0 unspecified atom stereocenters. The lowest BCUT2D eigenvalue weighted by molar-refractivity contribution is -0.221. The van der Waals surface area contributed by atoms with Crippen molar-refractivity contribution in [3.05, 3.63) is 39.6 Å². The van der Waals surface area contributed by atoms with Gasteiger partial charge in [0.1, 0.15) is 11.3 Å². The normalized spacial score (nSPS) is 20.8. The summed E-state index contributed by atoms with van der Waals surface area (Å²) in [6, 6.07) is 3.66. The van der Waals surface area contributed by atoms with E-state index in [2.05, 4.69) is 0 Å². The molecule has 1 aromatic carbocycles. The van der Waals surface area contributed by atoms with Gasteiger partial charge in [-0.1, -0.05) is 11.6 Å². The zero-order valence-electron chi connectivity index (χ0n) is 14.9. The lowest BCUT2D eigenvalue weighted by Crippen LogP contribution is -2.54. The number of aliphatic hydroxyl groups is 1. The quantitative estimate of drug-likeness (QED) is 0.890. The molecule has 0 atom stereocenters. The lowest BCUT2D eigenvalue weighted by Gasteiger charge is -2.42. The molecule has 0 saturated carbocycles. The van der Waals surface area contributed by atoms with Crippen LogP contribution in [0.15, 0.2) is 17.9 Å². The number of benzene rings is 1. The number of halogens is 1. The fraction of sp³-hybridized carbons (Fsp3) is 0.500. The van der Waals surface area contributed by atoms with E-state index in [-0.39, 0.29) is 17.2 Å². The third-order valence-electron chi connectivity index (χ3n) is 5.31. The van der Waals surface area contributed by atoms with Gasteiger partial charge in [-0.25, -0.2) is 5.06 Å². The number of nitrogens with zero attached hydrogens (tertiary/aromatic N) is 2. The number of carbonyl (C=O) groups excluding carboxylic acids is 1. The molecule has 1 aromatic rings. The Kier molecular flexibility index (Phi) is 4.81. The summed E-state index contributed by atoms with van der Waals surface area (Å²) in [7, 11) is 3.06. The van der Waals surface area contributed by atoms with E-state index >= 15 is 0 Å². The minimum atomic E-state index is -0.877. The summed E-state index contributed by atoms with van der Waals surface area (Å²) in [6.45, 7) is 5.08. The summed E-state index contributed by atoms with van der Waals surface area (Å²) < 4.78 is 0. The SMILES string of the molecule is CON1CCC2(CC1)C(O)=C(c1cc(C)c(C)cc1Cl)C(=O)N2OC. The molecule has 1 spiro atoms. The highest BCUT2D eigenvalue weighted by atomic mass is 35.5. The predicted octanol–water partition coefficient (Wildman–Crippen LogP) is 3.03. The molecule has 0 aliphatic carbocycles. The first-order valence-electron chi connectivity index (χ1n) is 8.24. The van der Waals surface area contributed by atoms with Crippen molar-refractivity contribution in [3.63, 3.8) is 0 Å². The van der Waals surface area contributed by atoms with E-state index in [9.17, 15) is 9.90 Å². The third kappa shape index (κ3) is 2.73. The lowest BCUT2D eigenvalue weighted by atomic mass is 9.86. The summed E-state index contributed by atoms with van der Waals surface area (Å²) in [5, 5.41) is 14.6. The molecule has 3 rings (SSSR count). The number of aliphatic hydroxyl groups excluding tert-OH is 1. The van der Waals surface area contributed by atoms with Crippen molar-refractivity contribution in [2.45, 2.75) is 32.2 Å². The van der Waals surface area contributed by atoms with Gasteiger partial charge in [0.2, 0.25) is 0 Å². The van der Waals surface area contributed by atoms with Crippen molar-refractivity contribution >= 4 is 23.1 Å². The van der Waals surface area contributed by atoms with Gasteiger partial charge in [-0.05, 0) is 49.9 Å². The van der Waals surface area contributed by atoms with Crippen molar-refractivity contribution in [1.82, 2.24) is 10.1 Å². The molecule has 0 aromatic heterocycles. The summed E-state index contributed by atoms with van der Waals surface area (Å²) >= 11 is 6.39. The monoisotopic (exact) mass is 366 g/mol. The molecule has 25 heavy (non-hydrogen) atoms. The van der Waals surface area contributed by atoms with Gasteiger partial charge in [-0.2, -0.15) is 5.06 Å². The number of carbonyl (C=O) groups is 1. The van der Waals surface area contributed by atoms with E-state index in [1.807, 2.05) is 26.0 Å². The van der Waals surface area contributed by atoms with E-state index in [0.29, 0.717) is 36.5 Å². The van der Waals surface area contributed by atoms with Crippen LogP contribution in [0.25, 0.3) is 5.57 Å². The molecule has 2 heterocycles. The highest BCUT2D eigenvalue weighted by Crippen LogP contribution is 2.46. The van der Waals surface area contributed by atoms with Crippen molar-refractivity contribution in [2.75, 3.05) is 27.3 Å². The van der Waals surface area contributed by atoms with Crippen LogP contribution < -0.4 is 0 Å². The van der Waals surface area contributed by atoms with E-state index in [1.165, 1.54) is 12.2 Å². The second-order valence-electron chi connectivity index (χ2n) is 6.57. The minimum Gasteiger partial charge on any atom is -0.509 e. The molecule has 2 aliphatic heterocycles. The molecular formula is C18H23ClN2O4. The number of hydroxylamine groups is 4. The first-order valence-corrected chi connectivity index (χ1v) is 8.62. The average molecular weight is 367 g/mol. The highest BCUT2D eigenvalue weighted by molar-refractivity contribution is 6.35. The van der Waals surface area contributed by atoms with E-state index in [1.54, 1.807) is 12.2 Å². The largest absolute Gasteiger partial charge is 0.509 e. The summed E-state index contributed by atoms with van der Waals surface area (Å²) in [5.74, 6) is -0.337. The number of piperidine rings is 1. The van der Waals surface area contributed by atoms with Gasteiger partial charge in [0, 0.05) is 23.7 Å². The zero-order valence-corrected chi connectivity index (χ0v) is 15.7. The molecule has 1 N–H and O–H groups in total. The Balaban J connectivity index is 2.10. The standard InChI is InChI=1S/C18H23ClN2O4/c1-11-9-13(14(19)10-12(11)2)15-16(22)18(21(25-4)17(15)23)5-7-20(24-3)8-6-18/h9-10,22H,5-8H2,1-4H3. The predicted molar refractivity (Wildman–Crippen MR) is 94.9 cm³/mol. The van der Waals surface area contributed by atoms with Gasteiger partial charge >= 0.3 is 0 Å². The van der Waals surface area contributed by atoms with Crippen LogP contribution in [0.3, 0.4) is 0 Å². The van der Waals surface area contributed by atoms with Gasteiger partial charge in [0.25, 0.3) is 5.91 Å². The molecule has 1 fully saturated rings. The first-order chi connectivity index (χ1) is 11.9. The van der Waals surface area contributed by atoms with E-state index in [4.69, 9.17) is 21.3 Å². The topological polar surface area (TPSA) is 62.2 Å². The highest BCUT2D eigenvalue weighted by Gasteiger charge is 2.55. The first kappa shape index (κ1) is 18.2. The number of rotatable bonds is 3. The Morgan fingerprint density at radius 3 is 2.28 bits per heavy atom. The van der Waals surface area contributed by atoms with Crippen molar-refractivity contribution in [1.29, 1.82) is 0 Å². The molecule has 6 nitrogen and oxygen atoms in total. The Morgan fingerprint density at radius 1 is 1.12 bits per heavy atom. The van der Waals surface area contributed by atoms with Crippen molar-refractivity contribution < 1.29 is 19.6 Å². The van der Waals surface area contributed by atoms with Gasteiger partial charge < -0.3 is 9.94 Å². The maximum Gasteiger partial charge on any atom is 0.282 e. The van der Waals surface area contributed by atoms with E-state index in [0.717, 1.165) is 11.1 Å². The summed E-state index contributed by atoms with van der Waals surface area (Å²) in [5.41, 5.74) is 1.93. The molecule has 7 heteroatoms. The van der Waals surface area contributed by atoms with Crippen molar-refractivity contribution in [2.24, 2.45) is 0 Å². The van der Waals surface area contributed by atoms with Gasteiger partial charge in [0.15, 0.2) is 0 Å². The molecular weight excluding hydrogens is 344 g/mol. The molecule has 1 amide bonds. The van der Waals surface area contributed by atoms with Gasteiger partial charge in [-0.15, -0.1) is 0 Å². The smallest absolute Gasteiger partial charge is 0.282 e. The van der Waals surface area contributed by atoms with Crippen LogP contribution in [0, 0.1) is 13.8 Å². The second kappa shape index (κ2) is 6.61. The van der Waals surface area contributed by atoms with Crippen LogP contribution in [0.5, 0.6) is 0 Å². The number of aryl methyl sites for hydroxylation is 2. The number of hydrogen-bond acceptors (Lipinski definition) is 5. The third-order valence-corrected chi connectivity index (χ3v) is 5.62. The Hall–Kier alpha value is -1.60. The van der Waals surface area contributed by atoms with Crippen LogP contribution in [0.4, 0.5) is 0 Å². The zero-order chi connectivity index (χ0) is 18.4. The maximum atomic E-state index is 13.0. The molecule has 0 radical (unpaired) electrons.